The second-order valence-corrected chi connectivity index (χ2v) is 4.55. The van der Waals surface area contributed by atoms with Gasteiger partial charge in [-0.25, -0.2) is 0 Å². The summed E-state index contributed by atoms with van der Waals surface area (Å²) in [7, 11) is 1.65. The lowest BCUT2D eigenvalue weighted by atomic mass is 10.0. The predicted molar refractivity (Wildman–Crippen MR) is 74.1 cm³/mol. The maximum atomic E-state index is 11.8. The number of nitrogens with one attached hydrogen (secondary N) is 1. The minimum Gasteiger partial charge on any atom is -0.497 e. The van der Waals surface area contributed by atoms with Crippen molar-refractivity contribution in [3.63, 3.8) is 0 Å². The zero-order chi connectivity index (χ0) is 13.4. The van der Waals surface area contributed by atoms with Crippen molar-refractivity contribution < 1.29 is 9.53 Å². The first-order valence-electron chi connectivity index (χ1n) is 6.53. The molecule has 0 saturated heterocycles. The normalized spacial score (nSPS) is 12.2. The Balaban J connectivity index is 2.33. The topological polar surface area (TPSA) is 38.3 Å². The van der Waals surface area contributed by atoms with E-state index < -0.39 is 0 Å². The highest BCUT2D eigenvalue weighted by atomic mass is 16.5. The van der Waals surface area contributed by atoms with E-state index in [0.717, 1.165) is 18.7 Å². The Labute approximate surface area is 110 Å². The summed E-state index contributed by atoms with van der Waals surface area (Å²) >= 11 is 0. The first-order valence-corrected chi connectivity index (χ1v) is 6.53. The van der Waals surface area contributed by atoms with Gasteiger partial charge in [0.25, 0.3) is 0 Å². The average Bonchev–Trinajstić information content (AvgIpc) is 2.37. The van der Waals surface area contributed by atoms with Gasteiger partial charge in [-0.15, -0.1) is 0 Å². The Morgan fingerprint density at radius 2 is 2.00 bits per heavy atom. The fourth-order valence-corrected chi connectivity index (χ4v) is 1.94. The van der Waals surface area contributed by atoms with Gasteiger partial charge in [0, 0.05) is 18.9 Å². The van der Waals surface area contributed by atoms with Gasteiger partial charge in [0.1, 0.15) is 11.5 Å². The molecule has 0 radical (unpaired) electrons. The molecule has 1 rings (SSSR count). The zero-order valence-corrected chi connectivity index (χ0v) is 11.5. The number of hydrogen-bond donors (Lipinski definition) is 1. The van der Waals surface area contributed by atoms with E-state index in [1.165, 1.54) is 5.56 Å². The number of aryl methyl sites for hydroxylation is 1. The molecule has 100 valence electrons. The van der Waals surface area contributed by atoms with Gasteiger partial charge in [-0.1, -0.05) is 19.1 Å². The highest BCUT2D eigenvalue weighted by Gasteiger charge is 2.08. The minimum absolute atomic E-state index is 0.276. The van der Waals surface area contributed by atoms with Crippen LogP contribution in [0.15, 0.2) is 24.3 Å². The number of benzene rings is 1. The Morgan fingerprint density at radius 1 is 1.33 bits per heavy atom. The highest BCUT2D eigenvalue weighted by molar-refractivity contribution is 5.79. The maximum Gasteiger partial charge on any atom is 0.134 e. The van der Waals surface area contributed by atoms with Crippen LogP contribution in [-0.4, -0.2) is 25.5 Å². The molecule has 0 bridgehead atoms. The summed E-state index contributed by atoms with van der Waals surface area (Å²) < 4.78 is 5.10. The number of methoxy groups -OCH3 is 1. The Hall–Kier alpha value is -1.35. The smallest absolute Gasteiger partial charge is 0.134 e. The summed E-state index contributed by atoms with van der Waals surface area (Å²) in [5.74, 6) is 1.17. The van der Waals surface area contributed by atoms with Gasteiger partial charge in [-0.3, -0.25) is 4.79 Å². The third-order valence-corrected chi connectivity index (χ3v) is 2.94. The van der Waals surface area contributed by atoms with Gasteiger partial charge in [0.2, 0.25) is 0 Å². The molecule has 0 aliphatic rings. The van der Waals surface area contributed by atoms with Crippen LogP contribution in [0.4, 0.5) is 0 Å². The molecule has 0 aliphatic carbocycles. The summed E-state index contributed by atoms with van der Waals surface area (Å²) in [6, 6.07) is 8.17. The first-order chi connectivity index (χ1) is 8.65. The molecule has 18 heavy (non-hydrogen) atoms. The van der Waals surface area contributed by atoms with E-state index >= 15 is 0 Å². The Bertz CT molecular complexity index is 359. The highest BCUT2D eigenvalue weighted by Crippen LogP contribution is 2.13. The number of carbonyl (C=O) groups is 1. The number of rotatable bonds is 8. The lowest BCUT2D eigenvalue weighted by molar-refractivity contribution is -0.119. The molecular formula is C15H23NO2. The fourth-order valence-electron chi connectivity index (χ4n) is 1.94. The van der Waals surface area contributed by atoms with E-state index in [0.29, 0.717) is 18.6 Å². The molecule has 0 heterocycles. The van der Waals surface area contributed by atoms with Gasteiger partial charge in [0.05, 0.1) is 7.11 Å². The van der Waals surface area contributed by atoms with Gasteiger partial charge >= 0.3 is 0 Å². The Kier molecular flexibility index (Phi) is 6.44. The van der Waals surface area contributed by atoms with Crippen molar-refractivity contribution in [2.24, 2.45) is 0 Å². The molecule has 0 amide bonds. The molecular weight excluding hydrogens is 226 g/mol. The van der Waals surface area contributed by atoms with Gasteiger partial charge < -0.3 is 10.1 Å². The second-order valence-electron chi connectivity index (χ2n) is 4.55. The van der Waals surface area contributed by atoms with Crippen LogP contribution in [0.1, 0.15) is 32.3 Å². The number of ketones is 1. The van der Waals surface area contributed by atoms with Crippen LogP contribution in [0.2, 0.25) is 0 Å². The third-order valence-electron chi connectivity index (χ3n) is 2.94. The number of Topliss-reactive ketones (excluding diaryl/α,β-unsaturated/α-hetero) is 1. The van der Waals surface area contributed by atoms with E-state index in [4.69, 9.17) is 4.74 Å². The molecule has 1 aromatic rings. The van der Waals surface area contributed by atoms with Crippen LogP contribution in [0.25, 0.3) is 0 Å². The van der Waals surface area contributed by atoms with Crippen molar-refractivity contribution in [1.29, 1.82) is 0 Å². The molecule has 1 unspecified atom stereocenters. The summed E-state index contributed by atoms with van der Waals surface area (Å²) in [6.07, 6.45) is 2.04. The lowest BCUT2D eigenvalue weighted by Gasteiger charge is -2.11. The van der Waals surface area contributed by atoms with Crippen molar-refractivity contribution in [3.8, 4) is 5.75 Å². The quantitative estimate of drug-likeness (QED) is 0.769. The van der Waals surface area contributed by atoms with Crippen LogP contribution < -0.4 is 10.1 Å². The van der Waals surface area contributed by atoms with Crippen molar-refractivity contribution in [2.75, 3.05) is 13.7 Å². The second kappa shape index (κ2) is 7.88. The molecule has 0 spiro atoms. The van der Waals surface area contributed by atoms with E-state index in [1.807, 2.05) is 24.3 Å². The lowest BCUT2D eigenvalue weighted by Crippen LogP contribution is -2.28. The fraction of sp³-hybridized carbons (Fsp3) is 0.533. The van der Waals surface area contributed by atoms with Crippen molar-refractivity contribution in [2.45, 2.75) is 39.2 Å². The molecule has 1 atom stereocenters. The molecule has 1 aromatic carbocycles. The van der Waals surface area contributed by atoms with Crippen LogP contribution in [0, 0.1) is 0 Å². The molecule has 0 saturated carbocycles. The molecule has 3 nitrogen and oxygen atoms in total. The third kappa shape index (κ3) is 5.32. The van der Waals surface area contributed by atoms with Crippen LogP contribution >= 0.6 is 0 Å². The summed E-state index contributed by atoms with van der Waals surface area (Å²) in [6.45, 7) is 5.01. The van der Waals surface area contributed by atoms with Gasteiger partial charge in [0.15, 0.2) is 0 Å². The maximum absolute atomic E-state index is 11.8. The van der Waals surface area contributed by atoms with Crippen molar-refractivity contribution >= 4 is 5.78 Å². The SMILES string of the molecule is CCNC(C)CC(=O)CCc1ccc(OC)cc1. The number of hydrogen-bond acceptors (Lipinski definition) is 3. The number of ether oxygens (including phenoxy) is 1. The molecule has 1 N–H and O–H groups in total. The average molecular weight is 249 g/mol. The Morgan fingerprint density at radius 3 is 2.56 bits per heavy atom. The molecule has 0 aliphatic heterocycles. The minimum atomic E-state index is 0.276. The van der Waals surface area contributed by atoms with E-state index in [-0.39, 0.29) is 6.04 Å². The predicted octanol–water partition coefficient (Wildman–Crippen LogP) is 2.59. The van der Waals surface area contributed by atoms with Crippen LogP contribution in [0.5, 0.6) is 5.75 Å². The van der Waals surface area contributed by atoms with Crippen molar-refractivity contribution in [3.05, 3.63) is 29.8 Å². The summed E-state index contributed by atoms with van der Waals surface area (Å²) in [5.41, 5.74) is 1.18. The number of carbonyl (C=O) groups excluding carboxylic acids is 1. The van der Waals surface area contributed by atoms with Crippen LogP contribution in [0.3, 0.4) is 0 Å². The van der Waals surface area contributed by atoms with E-state index in [2.05, 4.69) is 19.2 Å². The standard InChI is InChI=1S/C15H23NO2/c1-4-16-12(2)11-14(17)8-5-13-6-9-15(18-3)10-7-13/h6-7,9-10,12,16H,4-5,8,11H2,1-3H3. The van der Waals surface area contributed by atoms with Crippen LogP contribution in [-0.2, 0) is 11.2 Å². The molecule has 3 heteroatoms. The van der Waals surface area contributed by atoms with E-state index in [1.54, 1.807) is 7.11 Å². The van der Waals surface area contributed by atoms with Gasteiger partial charge in [-0.2, -0.15) is 0 Å². The van der Waals surface area contributed by atoms with E-state index in [9.17, 15) is 4.79 Å². The van der Waals surface area contributed by atoms with Gasteiger partial charge in [-0.05, 0) is 37.6 Å². The summed E-state index contributed by atoms with van der Waals surface area (Å²) in [5, 5.41) is 3.25. The summed E-state index contributed by atoms with van der Waals surface area (Å²) in [4.78, 5) is 11.8. The first kappa shape index (κ1) is 14.7. The van der Waals surface area contributed by atoms with Crippen molar-refractivity contribution in [1.82, 2.24) is 5.32 Å². The molecule has 0 aromatic heterocycles. The largest absolute Gasteiger partial charge is 0.497 e. The monoisotopic (exact) mass is 249 g/mol. The molecule has 0 fully saturated rings. The zero-order valence-electron chi connectivity index (χ0n) is 11.5.